The molecule has 0 aromatic heterocycles. The number of benzene rings is 2. The minimum Gasteiger partial charge on any atom is -0.508 e. The van der Waals surface area contributed by atoms with Crippen LogP contribution in [-0.4, -0.2) is 55.8 Å². The maximum Gasteiger partial charge on any atom is 0.251 e. The molecule has 2 amide bonds. The summed E-state index contributed by atoms with van der Waals surface area (Å²) in [4.78, 5) is 24.2. The third-order valence-corrected chi connectivity index (χ3v) is 7.04. The van der Waals surface area contributed by atoms with Crippen molar-refractivity contribution in [2.75, 3.05) is 26.2 Å². The van der Waals surface area contributed by atoms with Crippen LogP contribution in [0.4, 0.5) is 0 Å². The lowest BCUT2D eigenvalue weighted by Gasteiger charge is -2.18. The van der Waals surface area contributed by atoms with Crippen molar-refractivity contribution in [3.63, 3.8) is 0 Å². The lowest BCUT2D eigenvalue weighted by Crippen LogP contribution is -2.30. The van der Waals surface area contributed by atoms with Crippen LogP contribution >= 0.6 is 0 Å². The Morgan fingerprint density at radius 3 is 2.25 bits per heavy atom. The quantitative estimate of drug-likeness (QED) is 0.420. The molecule has 2 rings (SSSR count). The van der Waals surface area contributed by atoms with Crippen LogP contribution in [0.1, 0.15) is 42.6 Å². The standard InChI is InChI=1S/C23H31N3O5S/c1-3-26(4-2)32(30,31)21-12-9-18(10-13-21)11-14-22(28)24-15-6-16-25-23(29)19-7-5-8-20(27)17-19/h5,7-10,12-13,17,27H,3-4,6,11,14-16H2,1-2H3,(H,24,28)(H,25,29). The second kappa shape index (κ2) is 12.2. The van der Waals surface area contributed by atoms with Crippen molar-refractivity contribution in [3.8, 4) is 5.75 Å². The van der Waals surface area contributed by atoms with Gasteiger partial charge in [-0.15, -0.1) is 0 Å². The Labute approximate surface area is 189 Å². The molecule has 0 saturated carbocycles. The number of carbonyl (C=O) groups excluding carboxylic acids is 2. The summed E-state index contributed by atoms with van der Waals surface area (Å²) in [6, 6.07) is 12.7. The van der Waals surface area contributed by atoms with Crippen LogP contribution in [-0.2, 0) is 21.2 Å². The van der Waals surface area contributed by atoms with Gasteiger partial charge in [-0.3, -0.25) is 9.59 Å². The summed E-state index contributed by atoms with van der Waals surface area (Å²) < 4.78 is 26.4. The van der Waals surface area contributed by atoms with Gasteiger partial charge >= 0.3 is 0 Å². The van der Waals surface area contributed by atoms with Crippen LogP contribution in [0.3, 0.4) is 0 Å². The molecule has 0 unspecified atom stereocenters. The van der Waals surface area contributed by atoms with Crippen LogP contribution in [0.2, 0.25) is 0 Å². The summed E-state index contributed by atoms with van der Waals surface area (Å²) in [5, 5.41) is 14.9. The van der Waals surface area contributed by atoms with Gasteiger partial charge in [0.1, 0.15) is 5.75 Å². The number of aryl methyl sites for hydroxylation is 1. The van der Waals surface area contributed by atoms with E-state index in [0.29, 0.717) is 44.6 Å². The van der Waals surface area contributed by atoms with Gasteiger partial charge in [0, 0.05) is 38.2 Å². The first kappa shape index (κ1) is 25.4. The molecular weight excluding hydrogens is 430 g/mol. The summed E-state index contributed by atoms with van der Waals surface area (Å²) in [6.45, 7) is 5.27. The van der Waals surface area contributed by atoms with Gasteiger partial charge in [0.25, 0.3) is 5.91 Å². The molecule has 0 aliphatic heterocycles. The fraction of sp³-hybridized carbons (Fsp3) is 0.391. The van der Waals surface area contributed by atoms with E-state index in [1.54, 1.807) is 50.2 Å². The van der Waals surface area contributed by atoms with Gasteiger partial charge in [0.15, 0.2) is 0 Å². The predicted molar refractivity (Wildman–Crippen MR) is 123 cm³/mol. The summed E-state index contributed by atoms with van der Waals surface area (Å²) in [5.74, 6) is -0.354. The molecule has 0 heterocycles. The molecule has 0 spiro atoms. The Kier molecular flexibility index (Phi) is 9.67. The normalized spacial score (nSPS) is 11.3. The highest BCUT2D eigenvalue weighted by atomic mass is 32.2. The van der Waals surface area contributed by atoms with Crippen LogP contribution < -0.4 is 10.6 Å². The Morgan fingerprint density at radius 1 is 0.969 bits per heavy atom. The van der Waals surface area contributed by atoms with Gasteiger partial charge in [-0.2, -0.15) is 4.31 Å². The van der Waals surface area contributed by atoms with Crippen LogP contribution in [0.25, 0.3) is 0 Å². The second-order valence-corrected chi connectivity index (χ2v) is 9.18. The van der Waals surface area contributed by atoms with E-state index in [0.717, 1.165) is 5.56 Å². The third kappa shape index (κ3) is 7.35. The number of nitrogens with zero attached hydrogens (tertiary/aromatic N) is 1. The van der Waals surface area contributed by atoms with Gasteiger partial charge in [0.05, 0.1) is 4.90 Å². The number of phenolic OH excluding ortho intramolecular Hbond substituents is 1. The molecule has 0 radical (unpaired) electrons. The fourth-order valence-corrected chi connectivity index (χ4v) is 4.61. The number of nitrogens with one attached hydrogen (secondary N) is 2. The van der Waals surface area contributed by atoms with E-state index < -0.39 is 10.0 Å². The van der Waals surface area contributed by atoms with Gasteiger partial charge in [-0.25, -0.2) is 8.42 Å². The number of amides is 2. The van der Waals surface area contributed by atoms with Crippen molar-refractivity contribution in [2.24, 2.45) is 0 Å². The number of rotatable bonds is 12. The first-order valence-electron chi connectivity index (χ1n) is 10.7. The van der Waals surface area contributed by atoms with E-state index >= 15 is 0 Å². The molecule has 9 heteroatoms. The Hall–Kier alpha value is -2.91. The van der Waals surface area contributed by atoms with Crippen molar-refractivity contribution in [1.29, 1.82) is 0 Å². The molecule has 3 N–H and O–H groups in total. The monoisotopic (exact) mass is 461 g/mol. The van der Waals surface area contributed by atoms with Gasteiger partial charge in [-0.05, 0) is 48.7 Å². The Balaban J connectivity index is 1.69. The summed E-state index contributed by atoms with van der Waals surface area (Å²) in [7, 11) is -3.48. The van der Waals surface area contributed by atoms with Crippen LogP contribution in [0, 0.1) is 0 Å². The number of hydrogen-bond donors (Lipinski definition) is 3. The molecule has 0 aliphatic carbocycles. The molecule has 0 bridgehead atoms. The number of hydrogen-bond acceptors (Lipinski definition) is 5. The zero-order valence-corrected chi connectivity index (χ0v) is 19.3. The predicted octanol–water partition coefficient (Wildman–Crippen LogP) is 2.29. The molecule has 2 aromatic carbocycles. The molecule has 32 heavy (non-hydrogen) atoms. The largest absolute Gasteiger partial charge is 0.508 e. The summed E-state index contributed by atoms with van der Waals surface area (Å²) in [6.07, 6.45) is 1.37. The molecular formula is C23H31N3O5S. The first-order chi connectivity index (χ1) is 15.3. The molecule has 0 saturated heterocycles. The van der Waals surface area contributed by atoms with Gasteiger partial charge in [-0.1, -0.05) is 32.0 Å². The van der Waals surface area contributed by atoms with Crippen LogP contribution in [0.5, 0.6) is 5.75 Å². The number of phenols is 1. The average Bonchev–Trinajstić information content (AvgIpc) is 2.78. The average molecular weight is 462 g/mol. The molecule has 8 nitrogen and oxygen atoms in total. The highest BCUT2D eigenvalue weighted by Gasteiger charge is 2.21. The van der Waals surface area contributed by atoms with E-state index in [1.165, 1.54) is 16.4 Å². The van der Waals surface area contributed by atoms with Crippen LogP contribution in [0.15, 0.2) is 53.4 Å². The topological polar surface area (TPSA) is 116 Å². The highest BCUT2D eigenvalue weighted by Crippen LogP contribution is 2.17. The highest BCUT2D eigenvalue weighted by molar-refractivity contribution is 7.89. The SMILES string of the molecule is CCN(CC)S(=O)(=O)c1ccc(CCC(=O)NCCCNC(=O)c2cccc(O)c2)cc1. The third-order valence-electron chi connectivity index (χ3n) is 4.98. The smallest absolute Gasteiger partial charge is 0.251 e. The van der Waals surface area contributed by atoms with E-state index in [4.69, 9.17) is 0 Å². The summed E-state index contributed by atoms with van der Waals surface area (Å²) in [5.41, 5.74) is 1.27. The zero-order valence-electron chi connectivity index (χ0n) is 18.5. The molecule has 0 fully saturated rings. The lowest BCUT2D eigenvalue weighted by atomic mass is 10.1. The number of sulfonamides is 1. The Morgan fingerprint density at radius 2 is 1.62 bits per heavy atom. The van der Waals surface area contributed by atoms with E-state index in [2.05, 4.69) is 10.6 Å². The second-order valence-electron chi connectivity index (χ2n) is 7.24. The number of carbonyl (C=O) groups is 2. The van der Waals surface area contributed by atoms with Crippen molar-refractivity contribution >= 4 is 21.8 Å². The van der Waals surface area contributed by atoms with E-state index in [1.807, 2.05) is 0 Å². The van der Waals surface area contributed by atoms with Crippen molar-refractivity contribution in [3.05, 3.63) is 59.7 Å². The maximum absolute atomic E-state index is 12.5. The van der Waals surface area contributed by atoms with Gasteiger partial charge < -0.3 is 15.7 Å². The lowest BCUT2D eigenvalue weighted by molar-refractivity contribution is -0.121. The van der Waals surface area contributed by atoms with E-state index in [9.17, 15) is 23.1 Å². The Bertz CT molecular complexity index is 1000. The molecule has 0 atom stereocenters. The fourth-order valence-electron chi connectivity index (χ4n) is 3.15. The zero-order chi connectivity index (χ0) is 23.6. The van der Waals surface area contributed by atoms with Crippen molar-refractivity contribution in [1.82, 2.24) is 14.9 Å². The van der Waals surface area contributed by atoms with Crippen molar-refractivity contribution < 1.29 is 23.1 Å². The minimum absolute atomic E-state index is 0.0325. The minimum atomic E-state index is -3.48. The summed E-state index contributed by atoms with van der Waals surface area (Å²) >= 11 is 0. The molecule has 174 valence electrons. The first-order valence-corrected chi connectivity index (χ1v) is 12.1. The molecule has 0 aliphatic rings. The van der Waals surface area contributed by atoms with E-state index in [-0.39, 0.29) is 28.9 Å². The number of aromatic hydroxyl groups is 1. The maximum atomic E-state index is 12.5. The van der Waals surface area contributed by atoms with Crippen molar-refractivity contribution in [2.45, 2.75) is 38.0 Å². The molecule has 2 aromatic rings. The van der Waals surface area contributed by atoms with Gasteiger partial charge in [0.2, 0.25) is 15.9 Å².